The molecule has 0 bridgehead atoms. The van der Waals surface area contributed by atoms with Crippen molar-refractivity contribution in [2.75, 3.05) is 6.54 Å². The van der Waals surface area contributed by atoms with Crippen molar-refractivity contribution in [1.82, 2.24) is 10.0 Å². The van der Waals surface area contributed by atoms with Gasteiger partial charge >= 0.3 is 0 Å². The Morgan fingerprint density at radius 3 is 2.15 bits per heavy atom. The molecule has 1 aromatic rings. The normalized spacial score (nSPS) is 12.0. The monoisotopic (exact) mass is 298 g/mol. The van der Waals surface area contributed by atoms with E-state index in [1.54, 1.807) is 12.1 Å². The van der Waals surface area contributed by atoms with E-state index < -0.39 is 10.0 Å². The summed E-state index contributed by atoms with van der Waals surface area (Å²) in [6.07, 6.45) is 2.69. The Labute approximate surface area is 123 Å². The van der Waals surface area contributed by atoms with Crippen molar-refractivity contribution in [2.45, 2.75) is 57.5 Å². The summed E-state index contributed by atoms with van der Waals surface area (Å²) in [4.78, 5) is 0.337. The molecule has 1 aromatic carbocycles. The molecule has 0 fully saturated rings. The summed E-state index contributed by atoms with van der Waals surface area (Å²) in [6.45, 7) is 7.83. The van der Waals surface area contributed by atoms with Crippen molar-refractivity contribution in [3.63, 3.8) is 0 Å². The van der Waals surface area contributed by atoms with Crippen LogP contribution >= 0.6 is 0 Å². The molecule has 114 valence electrons. The van der Waals surface area contributed by atoms with Gasteiger partial charge in [0.2, 0.25) is 10.0 Å². The lowest BCUT2D eigenvalue weighted by Crippen LogP contribution is -2.33. The summed E-state index contributed by atoms with van der Waals surface area (Å²) in [7, 11) is -3.40. The molecule has 0 spiro atoms. The van der Waals surface area contributed by atoms with E-state index in [4.69, 9.17) is 0 Å². The van der Waals surface area contributed by atoms with Gasteiger partial charge in [0.05, 0.1) is 4.90 Å². The summed E-state index contributed by atoms with van der Waals surface area (Å²) in [5.74, 6) is 0. The fraction of sp³-hybridized carbons (Fsp3) is 0.600. The summed E-state index contributed by atoms with van der Waals surface area (Å²) in [5.41, 5.74) is 1.10. The van der Waals surface area contributed by atoms with Crippen molar-refractivity contribution >= 4 is 10.0 Å². The molecule has 0 aliphatic carbocycles. The number of hydrogen-bond acceptors (Lipinski definition) is 3. The molecule has 0 aliphatic rings. The molecular weight excluding hydrogens is 272 g/mol. The molecule has 2 N–H and O–H groups in total. The zero-order valence-electron chi connectivity index (χ0n) is 12.6. The van der Waals surface area contributed by atoms with Gasteiger partial charge in [-0.2, -0.15) is 0 Å². The predicted molar refractivity (Wildman–Crippen MR) is 83.1 cm³/mol. The first kappa shape index (κ1) is 17.1. The molecule has 0 heterocycles. The van der Waals surface area contributed by atoms with Crippen LogP contribution in [0.5, 0.6) is 0 Å². The predicted octanol–water partition coefficient (Wildman–Crippen LogP) is 2.65. The third-order valence-corrected chi connectivity index (χ3v) is 4.83. The van der Waals surface area contributed by atoms with Crippen molar-refractivity contribution in [1.29, 1.82) is 0 Å². The summed E-state index contributed by atoms with van der Waals surface area (Å²) in [6, 6.07) is 7.08. The lowest BCUT2D eigenvalue weighted by atomic mass is 10.2. The molecule has 0 unspecified atom stereocenters. The lowest BCUT2D eigenvalue weighted by Gasteiger charge is -2.15. The van der Waals surface area contributed by atoms with Crippen LogP contribution in [0.15, 0.2) is 29.2 Å². The smallest absolute Gasteiger partial charge is 0.240 e. The number of sulfonamides is 1. The highest BCUT2D eigenvalue weighted by molar-refractivity contribution is 7.89. The number of benzene rings is 1. The molecule has 1 rings (SSSR count). The highest BCUT2D eigenvalue weighted by Gasteiger charge is 2.17. The van der Waals surface area contributed by atoms with E-state index in [0.717, 1.165) is 37.9 Å². The molecule has 0 radical (unpaired) electrons. The lowest BCUT2D eigenvalue weighted by molar-refractivity contribution is 0.530. The number of rotatable bonds is 9. The molecule has 5 heteroatoms. The van der Waals surface area contributed by atoms with Crippen LogP contribution in [0.2, 0.25) is 0 Å². The van der Waals surface area contributed by atoms with E-state index in [1.165, 1.54) is 0 Å². The average molecular weight is 298 g/mol. The van der Waals surface area contributed by atoms with Crippen LogP contribution in [0.1, 0.15) is 45.6 Å². The van der Waals surface area contributed by atoms with Crippen LogP contribution in [0.25, 0.3) is 0 Å². The van der Waals surface area contributed by atoms with E-state index in [1.807, 2.05) is 26.0 Å². The summed E-state index contributed by atoms with van der Waals surface area (Å²) >= 11 is 0. The average Bonchev–Trinajstić information content (AvgIpc) is 2.45. The first-order chi connectivity index (χ1) is 9.53. The van der Waals surface area contributed by atoms with Gasteiger partial charge in [0.1, 0.15) is 0 Å². The van der Waals surface area contributed by atoms with Gasteiger partial charge in [0.25, 0.3) is 0 Å². The molecule has 4 nitrogen and oxygen atoms in total. The quantitative estimate of drug-likeness (QED) is 0.689. The first-order valence-electron chi connectivity index (χ1n) is 7.35. The fourth-order valence-corrected chi connectivity index (χ4v) is 3.34. The van der Waals surface area contributed by atoms with Crippen molar-refractivity contribution < 1.29 is 8.42 Å². The van der Waals surface area contributed by atoms with E-state index in [-0.39, 0.29) is 6.04 Å². The van der Waals surface area contributed by atoms with E-state index in [0.29, 0.717) is 4.90 Å². The van der Waals surface area contributed by atoms with Gasteiger partial charge in [0, 0.05) is 12.6 Å². The third-order valence-electron chi connectivity index (χ3n) is 3.30. The second kappa shape index (κ2) is 8.39. The molecule has 0 saturated heterocycles. The van der Waals surface area contributed by atoms with Gasteiger partial charge in [-0.3, -0.25) is 0 Å². The highest BCUT2D eigenvalue weighted by atomic mass is 32.2. The number of hydrogen-bond donors (Lipinski definition) is 2. The molecule has 0 saturated carbocycles. The zero-order chi connectivity index (χ0) is 15.0. The van der Waals surface area contributed by atoms with Crippen LogP contribution in [0.4, 0.5) is 0 Å². The maximum Gasteiger partial charge on any atom is 0.240 e. The molecule has 0 aliphatic heterocycles. The van der Waals surface area contributed by atoms with Crippen molar-refractivity contribution in [2.24, 2.45) is 0 Å². The summed E-state index contributed by atoms with van der Waals surface area (Å²) < 4.78 is 27.1. The van der Waals surface area contributed by atoms with Crippen LogP contribution in [0, 0.1) is 0 Å². The SMILES string of the molecule is CCCNCc1ccc(S(=O)(=O)NC(CC)CC)cc1. The Hall–Kier alpha value is -0.910. The van der Waals surface area contributed by atoms with Crippen molar-refractivity contribution in [3.05, 3.63) is 29.8 Å². The standard InChI is InChI=1S/C15H26N2O2S/c1-4-11-16-12-13-7-9-15(10-8-13)20(18,19)17-14(5-2)6-3/h7-10,14,16-17H,4-6,11-12H2,1-3H3. The maximum absolute atomic E-state index is 12.2. The van der Waals surface area contributed by atoms with Crippen LogP contribution in [-0.2, 0) is 16.6 Å². The van der Waals surface area contributed by atoms with Crippen LogP contribution < -0.4 is 10.0 Å². The fourth-order valence-electron chi connectivity index (χ4n) is 1.94. The molecule has 0 aromatic heterocycles. The van der Waals surface area contributed by atoms with E-state index >= 15 is 0 Å². The number of nitrogens with one attached hydrogen (secondary N) is 2. The Kier molecular flexibility index (Phi) is 7.19. The summed E-state index contributed by atoms with van der Waals surface area (Å²) in [5, 5.41) is 3.29. The van der Waals surface area contributed by atoms with Gasteiger partial charge in [-0.15, -0.1) is 0 Å². The first-order valence-corrected chi connectivity index (χ1v) is 8.83. The third kappa shape index (κ3) is 5.23. The minimum atomic E-state index is -3.40. The molecular formula is C15H26N2O2S. The second-order valence-electron chi connectivity index (χ2n) is 4.96. The van der Waals surface area contributed by atoms with Gasteiger partial charge in [-0.1, -0.05) is 32.9 Å². The Bertz CT molecular complexity index is 479. The largest absolute Gasteiger partial charge is 0.313 e. The van der Waals surface area contributed by atoms with Gasteiger partial charge in [0.15, 0.2) is 0 Å². The topological polar surface area (TPSA) is 58.2 Å². The minimum Gasteiger partial charge on any atom is -0.313 e. The van der Waals surface area contributed by atoms with E-state index in [9.17, 15) is 8.42 Å². The Balaban J connectivity index is 2.71. The van der Waals surface area contributed by atoms with Gasteiger partial charge in [-0.05, 0) is 43.5 Å². The van der Waals surface area contributed by atoms with Gasteiger partial charge < -0.3 is 5.32 Å². The molecule has 20 heavy (non-hydrogen) atoms. The molecule has 0 amide bonds. The van der Waals surface area contributed by atoms with Crippen LogP contribution in [-0.4, -0.2) is 21.0 Å². The maximum atomic E-state index is 12.2. The van der Waals surface area contributed by atoms with E-state index in [2.05, 4.69) is 17.0 Å². The minimum absolute atomic E-state index is 0.00546. The zero-order valence-corrected chi connectivity index (χ0v) is 13.5. The second-order valence-corrected chi connectivity index (χ2v) is 6.67. The van der Waals surface area contributed by atoms with Crippen molar-refractivity contribution in [3.8, 4) is 0 Å². The van der Waals surface area contributed by atoms with Gasteiger partial charge in [-0.25, -0.2) is 13.1 Å². The van der Waals surface area contributed by atoms with Crippen LogP contribution in [0.3, 0.4) is 0 Å². The Morgan fingerprint density at radius 2 is 1.65 bits per heavy atom. The molecule has 0 atom stereocenters. The highest BCUT2D eigenvalue weighted by Crippen LogP contribution is 2.12. The Morgan fingerprint density at radius 1 is 1.05 bits per heavy atom.